The van der Waals surface area contributed by atoms with Gasteiger partial charge >= 0.3 is 0 Å². The van der Waals surface area contributed by atoms with Gasteiger partial charge in [-0.3, -0.25) is 4.68 Å². The van der Waals surface area contributed by atoms with Gasteiger partial charge in [-0.2, -0.15) is 5.10 Å². The summed E-state index contributed by atoms with van der Waals surface area (Å²) in [5, 5.41) is 18.1. The van der Waals surface area contributed by atoms with Gasteiger partial charge in [-0.15, -0.1) is 0 Å². The molecule has 1 aromatic heterocycles. The number of aliphatic hydroxyl groups excluding tert-OH is 1. The van der Waals surface area contributed by atoms with Crippen LogP contribution in [-0.4, -0.2) is 27.5 Å². The zero-order valence-corrected chi connectivity index (χ0v) is 12.5. The normalized spacial score (nSPS) is 19.2. The molecule has 0 amide bonds. The van der Waals surface area contributed by atoms with E-state index in [2.05, 4.69) is 22.5 Å². The Morgan fingerprint density at radius 3 is 3.00 bits per heavy atom. The molecule has 1 aliphatic rings. The van der Waals surface area contributed by atoms with Gasteiger partial charge in [0.05, 0.1) is 12.3 Å². The van der Waals surface area contributed by atoms with Crippen LogP contribution in [0.25, 0.3) is 0 Å². The third-order valence-corrected chi connectivity index (χ3v) is 4.29. The SMILES string of the molecule is Cn1ncc2c1CCCC2NCC(O)Cc1ccccc1. The fourth-order valence-electron chi connectivity index (χ4n) is 3.15. The summed E-state index contributed by atoms with van der Waals surface area (Å²) in [6, 6.07) is 10.5. The van der Waals surface area contributed by atoms with Gasteiger partial charge in [0.25, 0.3) is 0 Å². The molecule has 2 atom stereocenters. The van der Waals surface area contributed by atoms with Gasteiger partial charge < -0.3 is 10.4 Å². The highest BCUT2D eigenvalue weighted by molar-refractivity contribution is 5.24. The van der Waals surface area contributed by atoms with Crippen molar-refractivity contribution in [3.8, 4) is 0 Å². The third-order valence-electron chi connectivity index (χ3n) is 4.29. The van der Waals surface area contributed by atoms with Gasteiger partial charge in [-0.05, 0) is 31.2 Å². The fraction of sp³-hybridized carbons (Fsp3) is 0.471. The van der Waals surface area contributed by atoms with Crippen LogP contribution in [0.15, 0.2) is 36.5 Å². The summed E-state index contributed by atoms with van der Waals surface area (Å²) in [4.78, 5) is 0. The second kappa shape index (κ2) is 6.41. The highest BCUT2D eigenvalue weighted by atomic mass is 16.3. The average Bonchev–Trinajstić information content (AvgIpc) is 2.88. The number of benzene rings is 1. The van der Waals surface area contributed by atoms with Crippen LogP contribution >= 0.6 is 0 Å². The van der Waals surface area contributed by atoms with E-state index in [0.717, 1.165) is 12.8 Å². The molecule has 1 aromatic carbocycles. The molecular weight excluding hydrogens is 262 g/mol. The fourth-order valence-corrected chi connectivity index (χ4v) is 3.15. The molecule has 1 heterocycles. The number of nitrogens with one attached hydrogen (secondary N) is 1. The van der Waals surface area contributed by atoms with Gasteiger partial charge in [0.2, 0.25) is 0 Å². The maximum absolute atomic E-state index is 10.2. The summed E-state index contributed by atoms with van der Waals surface area (Å²) in [7, 11) is 2.01. The van der Waals surface area contributed by atoms with Crippen molar-refractivity contribution in [2.45, 2.75) is 37.8 Å². The van der Waals surface area contributed by atoms with Gasteiger partial charge in [0.15, 0.2) is 0 Å². The van der Waals surface area contributed by atoms with Crippen LogP contribution in [0.5, 0.6) is 0 Å². The molecule has 21 heavy (non-hydrogen) atoms. The monoisotopic (exact) mass is 285 g/mol. The van der Waals surface area contributed by atoms with E-state index in [9.17, 15) is 5.11 Å². The lowest BCUT2D eigenvalue weighted by atomic mass is 9.93. The topological polar surface area (TPSA) is 50.1 Å². The summed E-state index contributed by atoms with van der Waals surface area (Å²) in [6.45, 7) is 0.619. The quantitative estimate of drug-likeness (QED) is 0.883. The molecule has 0 saturated carbocycles. The van der Waals surface area contributed by atoms with Crippen molar-refractivity contribution in [2.75, 3.05) is 6.54 Å². The van der Waals surface area contributed by atoms with E-state index in [1.54, 1.807) is 0 Å². The molecule has 2 aromatic rings. The van der Waals surface area contributed by atoms with E-state index in [0.29, 0.717) is 19.0 Å². The van der Waals surface area contributed by atoms with Crippen LogP contribution in [0.4, 0.5) is 0 Å². The van der Waals surface area contributed by atoms with E-state index >= 15 is 0 Å². The molecule has 2 unspecified atom stereocenters. The van der Waals surface area contributed by atoms with Crippen molar-refractivity contribution >= 4 is 0 Å². The Balaban J connectivity index is 1.56. The lowest BCUT2D eigenvalue weighted by Gasteiger charge is -2.25. The zero-order valence-electron chi connectivity index (χ0n) is 12.5. The molecule has 3 rings (SSSR count). The van der Waals surface area contributed by atoms with E-state index in [1.165, 1.54) is 23.2 Å². The molecule has 0 aliphatic heterocycles. The first kappa shape index (κ1) is 14.3. The zero-order chi connectivity index (χ0) is 14.7. The molecular formula is C17H23N3O. The molecule has 4 nitrogen and oxygen atoms in total. The number of aliphatic hydroxyl groups is 1. The van der Waals surface area contributed by atoms with Crippen LogP contribution < -0.4 is 5.32 Å². The average molecular weight is 285 g/mol. The molecule has 4 heteroatoms. The van der Waals surface area contributed by atoms with E-state index in [4.69, 9.17) is 0 Å². The lowest BCUT2D eigenvalue weighted by Crippen LogP contribution is -2.33. The van der Waals surface area contributed by atoms with E-state index < -0.39 is 0 Å². The Kier molecular flexibility index (Phi) is 4.36. The molecule has 0 saturated heterocycles. The predicted molar refractivity (Wildman–Crippen MR) is 83.0 cm³/mol. The second-order valence-electron chi connectivity index (χ2n) is 5.87. The van der Waals surface area contributed by atoms with Gasteiger partial charge in [0, 0.05) is 30.9 Å². The first-order chi connectivity index (χ1) is 10.2. The number of aromatic nitrogens is 2. The highest BCUT2D eigenvalue weighted by Gasteiger charge is 2.23. The molecule has 0 fully saturated rings. The summed E-state index contributed by atoms with van der Waals surface area (Å²) >= 11 is 0. The van der Waals surface area contributed by atoms with Crippen molar-refractivity contribution in [1.29, 1.82) is 0 Å². The Labute approximate surface area is 125 Å². The summed E-state index contributed by atoms with van der Waals surface area (Å²) in [5.41, 5.74) is 3.81. The lowest BCUT2D eigenvalue weighted by molar-refractivity contribution is 0.165. The number of rotatable bonds is 5. The van der Waals surface area contributed by atoms with Crippen molar-refractivity contribution in [3.05, 3.63) is 53.3 Å². The first-order valence-electron chi connectivity index (χ1n) is 7.70. The Hall–Kier alpha value is -1.65. The first-order valence-corrected chi connectivity index (χ1v) is 7.70. The number of hydrogen-bond donors (Lipinski definition) is 2. The molecule has 0 bridgehead atoms. The second-order valence-corrected chi connectivity index (χ2v) is 5.87. The molecule has 112 valence electrons. The third kappa shape index (κ3) is 3.34. The Morgan fingerprint density at radius 2 is 2.19 bits per heavy atom. The standard InChI is InChI=1S/C17H23N3O/c1-20-17-9-5-8-16(15(17)12-19-20)18-11-14(21)10-13-6-3-2-4-7-13/h2-4,6-7,12,14,16,18,21H,5,8-11H2,1H3. The highest BCUT2D eigenvalue weighted by Crippen LogP contribution is 2.28. The minimum atomic E-state index is -0.352. The van der Waals surface area contributed by atoms with Crippen LogP contribution in [0.2, 0.25) is 0 Å². The Bertz CT molecular complexity index is 579. The number of nitrogens with zero attached hydrogens (tertiary/aromatic N) is 2. The molecule has 2 N–H and O–H groups in total. The maximum Gasteiger partial charge on any atom is 0.0705 e. The summed E-state index contributed by atoms with van der Waals surface area (Å²) in [5.74, 6) is 0. The number of hydrogen-bond acceptors (Lipinski definition) is 3. The maximum atomic E-state index is 10.2. The smallest absolute Gasteiger partial charge is 0.0705 e. The Morgan fingerprint density at radius 1 is 1.38 bits per heavy atom. The minimum Gasteiger partial charge on any atom is -0.391 e. The number of aryl methyl sites for hydroxylation is 1. The molecule has 1 aliphatic carbocycles. The predicted octanol–water partition coefficient (Wildman–Crippen LogP) is 1.99. The van der Waals surface area contributed by atoms with Crippen molar-refractivity contribution in [3.63, 3.8) is 0 Å². The largest absolute Gasteiger partial charge is 0.391 e. The van der Waals surface area contributed by atoms with E-state index in [-0.39, 0.29) is 6.10 Å². The molecule has 0 radical (unpaired) electrons. The van der Waals surface area contributed by atoms with Gasteiger partial charge in [-0.25, -0.2) is 0 Å². The molecule has 0 spiro atoms. The van der Waals surface area contributed by atoms with Crippen LogP contribution in [-0.2, 0) is 19.9 Å². The summed E-state index contributed by atoms with van der Waals surface area (Å²) in [6.07, 6.45) is 5.72. The summed E-state index contributed by atoms with van der Waals surface area (Å²) < 4.78 is 1.98. The van der Waals surface area contributed by atoms with Crippen LogP contribution in [0.1, 0.15) is 35.7 Å². The van der Waals surface area contributed by atoms with E-state index in [1.807, 2.05) is 36.1 Å². The van der Waals surface area contributed by atoms with Crippen molar-refractivity contribution < 1.29 is 5.11 Å². The van der Waals surface area contributed by atoms with Crippen molar-refractivity contribution in [1.82, 2.24) is 15.1 Å². The van der Waals surface area contributed by atoms with Crippen molar-refractivity contribution in [2.24, 2.45) is 7.05 Å². The van der Waals surface area contributed by atoms with Gasteiger partial charge in [0.1, 0.15) is 0 Å². The van der Waals surface area contributed by atoms with Gasteiger partial charge in [-0.1, -0.05) is 30.3 Å². The number of fused-ring (bicyclic) bond motifs is 1. The van der Waals surface area contributed by atoms with Crippen LogP contribution in [0, 0.1) is 0 Å². The minimum absolute atomic E-state index is 0.327. The van der Waals surface area contributed by atoms with Crippen LogP contribution in [0.3, 0.4) is 0 Å².